The SMILES string of the molecule is C[C@H](NC(=O)C1(C#N)CCCCC1)c1cnn(Cc2ccccc2)c1. The van der Waals surface area contributed by atoms with Crippen LogP contribution in [0.4, 0.5) is 0 Å². The number of carbonyl (C=O) groups excluding carboxylic acids is 1. The van der Waals surface area contributed by atoms with Gasteiger partial charge in [0.2, 0.25) is 5.91 Å². The molecule has 1 aliphatic rings. The Labute approximate surface area is 148 Å². The molecule has 0 bridgehead atoms. The van der Waals surface area contributed by atoms with Crippen molar-refractivity contribution in [2.45, 2.75) is 51.6 Å². The van der Waals surface area contributed by atoms with Gasteiger partial charge in [-0.2, -0.15) is 10.4 Å². The van der Waals surface area contributed by atoms with E-state index in [0.29, 0.717) is 19.4 Å². The van der Waals surface area contributed by atoms with Crippen molar-refractivity contribution < 1.29 is 4.79 Å². The molecule has 1 atom stereocenters. The standard InChI is InChI=1S/C20H24N4O/c1-16(23-19(25)20(15-21)10-6-3-7-11-20)18-12-22-24(14-18)13-17-8-4-2-5-9-17/h2,4-5,8-9,12,14,16H,3,6-7,10-11,13H2,1H3,(H,23,25)/t16-/m0/s1. The Hall–Kier alpha value is -2.61. The molecule has 1 aromatic carbocycles. The van der Waals surface area contributed by atoms with E-state index >= 15 is 0 Å². The highest BCUT2D eigenvalue weighted by Crippen LogP contribution is 2.36. The van der Waals surface area contributed by atoms with Crippen LogP contribution in [0.15, 0.2) is 42.7 Å². The molecule has 130 valence electrons. The number of carbonyl (C=O) groups is 1. The molecule has 25 heavy (non-hydrogen) atoms. The number of aromatic nitrogens is 2. The molecular weight excluding hydrogens is 312 g/mol. The van der Waals surface area contributed by atoms with E-state index in [1.165, 1.54) is 5.56 Å². The normalized spacial score (nSPS) is 17.4. The van der Waals surface area contributed by atoms with Gasteiger partial charge in [-0.05, 0) is 25.3 Å². The highest BCUT2D eigenvalue weighted by molar-refractivity contribution is 5.85. The van der Waals surface area contributed by atoms with E-state index in [0.717, 1.165) is 24.8 Å². The number of rotatable bonds is 5. The number of benzene rings is 1. The summed E-state index contributed by atoms with van der Waals surface area (Å²) < 4.78 is 1.87. The summed E-state index contributed by atoms with van der Waals surface area (Å²) >= 11 is 0. The monoisotopic (exact) mass is 336 g/mol. The average molecular weight is 336 g/mol. The lowest BCUT2D eigenvalue weighted by Crippen LogP contribution is -2.42. The molecule has 1 N–H and O–H groups in total. The molecule has 1 saturated carbocycles. The van der Waals surface area contributed by atoms with Gasteiger partial charge in [0.05, 0.1) is 24.9 Å². The van der Waals surface area contributed by atoms with Gasteiger partial charge in [-0.15, -0.1) is 0 Å². The number of hydrogen-bond acceptors (Lipinski definition) is 3. The minimum Gasteiger partial charge on any atom is -0.348 e. The van der Waals surface area contributed by atoms with Gasteiger partial charge in [-0.25, -0.2) is 0 Å². The molecule has 2 aromatic rings. The minimum atomic E-state index is -0.855. The number of nitrogens with zero attached hydrogens (tertiary/aromatic N) is 3. The number of hydrogen-bond donors (Lipinski definition) is 1. The first-order chi connectivity index (χ1) is 12.1. The van der Waals surface area contributed by atoms with Gasteiger partial charge in [0.1, 0.15) is 5.41 Å². The third kappa shape index (κ3) is 3.90. The predicted octanol–water partition coefficient (Wildman–Crippen LogP) is 3.58. The van der Waals surface area contributed by atoms with Crippen LogP contribution in [0.25, 0.3) is 0 Å². The fourth-order valence-electron chi connectivity index (χ4n) is 3.42. The summed E-state index contributed by atoms with van der Waals surface area (Å²) in [7, 11) is 0. The Balaban J connectivity index is 1.64. The second-order valence-electron chi connectivity index (χ2n) is 6.91. The summed E-state index contributed by atoms with van der Waals surface area (Å²) in [6.45, 7) is 2.64. The van der Waals surface area contributed by atoms with E-state index in [9.17, 15) is 10.1 Å². The van der Waals surface area contributed by atoms with Gasteiger partial charge in [0, 0.05) is 11.8 Å². The first-order valence-corrected chi connectivity index (χ1v) is 8.91. The molecule has 0 spiro atoms. The molecule has 0 radical (unpaired) electrons. The molecule has 0 aliphatic heterocycles. The van der Waals surface area contributed by atoms with Crippen molar-refractivity contribution >= 4 is 5.91 Å². The predicted molar refractivity (Wildman–Crippen MR) is 95.5 cm³/mol. The zero-order valence-corrected chi connectivity index (χ0v) is 14.6. The molecule has 1 aromatic heterocycles. The summed E-state index contributed by atoms with van der Waals surface area (Å²) in [4.78, 5) is 12.7. The lowest BCUT2D eigenvalue weighted by molar-refractivity contribution is -0.130. The van der Waals surface area contributed by atoms with Crippen LogP contribution in [0.5, 0.6) is 0 Å². The molecule has 3 rings (SSSR count). The number of nitrogens with one attached hydrogen (secondary N) is 1. The van der Waals surface area contributed by atoms with Crippen LogP contribution in [0, 0.1) is 16.7 Å². The average Bonchev–Trinajstić information content (AvgIpc) is 3.11. The first-order valence-electron chi connectivity index (χ1n) is 8.91. The van der Waals surface area contributed by atoms with Crippen LogP contribution in [-0.4, -0.2) is 15.7 Å². The van der Waals surface area contributed by atoms with E-state index < -0.39 is 5.41 Å². The second kappa shape index (κ2) is 7.52. The Kier molecular flexibility index (Phi) is 5.18. The second-order valence-corrected chi connectivity index (χ2v) is 6.91. The molecule has 1 fully saturated rings. The van der Waals surface area contributed by atoms with E-state index in [4.69, 9.17) is 0 Å². The Morgan fingerprint density at radius 2 is 2.04 bits per heavy atom. The van der Waals surface area contributed by atoms with Gasteiger partial charge in [-0.3, -0.25) is 9.48 Å². The minimum absolute atomic E-state index is 0.141. The maximum Gasteiger partial charge on any atom is 0.240 e. The van der Waals surface area contributed by atoms with E-state index in [1.807, 2.05) is 36.0 Å². The van der Waals surface area contributed by atoms with Gasteiger partial charge < -0.3 is 5.32 Å². The largest absolute Gasteiger partial charge is 0.348 e. The van der Waals surface area contributed by atoms with Gasteiger partial charge in [0.15, 0.2) is 0 Å². The highest BCUT2D eigenvalue weighted by atomic mass is 16.2. The van der Waals surface area contributed by atoms with Crippen LogP contribution in [0.2, 0.25) is 0 Å². The topological polar surface area (TPSA) is 70.7 Å². The third-order valence-corrected chi connectivity index (χ3v) is 5.04. The molecular formula is C20H24N4O. The summed E-state index contributed by atoms with van der Waals surface area (Å²) in [5.74, 6) is -0.141. The van der Waals surface area contributed by atoms with Crippen molar-refractivity contribution in [2.75, 3.05) is 0 Å². The van der Waals surface area contributed by atoms with E-state index in [1.54, 1.807) is 6.20 Å². The Morgan fingerprint density at radius 3 is 2.72 bits per heavy atom. The van der Waals surface area contributed by atoms with Crippen LogP contribution < -0.4 is 5.32 Å². The maximum absolute atomic E-state index is 12.7. The molecule has 5 nitrogen and oxygen atoms in total. The van der Waals surface area contributed by atoms with Gasteiger partial charge >= 0.3 is 0 Å². The van der Waals surface area contributed by atoms with E-state index in [2.05, 4.69) is 28.6 Å². The van der Waals surface area contributed by atoms with Crippen molar-refractivity contribution in [1.29, 1.82) is 5.26 Å². The van der Waals surface area contributed by atoms with Crippen molar-refractivity contribution in [3.05, 3.63) is 53.9 Å². The van der Waals surface area contributed by atoms with Crippen LogP contribution in [0.1, 0.15) is 56.2 Å². The summed E-state index contributed by atoms with van der Waals surface area (Å²) in [5.41, 5.74) is 1.28. The zero-order chi connectivity index (χ0) is 17.7. The van der Waals surface area contributed by atoms with Gasteiger partial charge in [-0.1, -0.05) is 49.6 Å². The first kappa shape index (κ1) is 17.2. The van der Waals surface area contributed by atoms with Gasteiger partial charge in [0.25, 0.3) is 0 Å². The van der Waals surface area contributed by atoms with E-state index in [-0.39, 0.29) is 11.9 Å². The molecule has 1 heterocycles. The number of amides is 1. The van der Waals surface area contributed by atoms with Crippen molar-refractivity contribution in [1.82, 2.24) is 15.1 Å². The van der Waals surface area contributed by atoms with Crippen LogP contribution in [0.3, 0.4) is 0 Å². The zero-order valence-electron chi connectivity index (χ0n) is 14.6. The van der Waals surface area contributed by atoms with Crippen LogP contribution >= 0.6 is 0 Å². The summed E-state index contributed by atoms with van der Waals surface area (Å²) in [6.07, 6.45) is 8.07. The van der Waals surface area contributed by atoms with Crippen molar-refractivity contribution in [3.63, 3.8) is 0 Å². The van der Waals surface area contributed by atoms with Crippen LogP contribution in [-0.2, 0) is 11.3 Å². The highest BCUT2D eigenvalue weighted by Gasteiger charge is 2.40. The third-order valence-electron chi connectivity index (χ3n) is 5.04. The molecule has 1 aliphatic carbocycles. The summed E-state index contributed by atoms with van der Waals surface area (Å²) in [5, 5.41) is 16.9. The fraction of sp³-hybridized carbons (Fsp3) is 0.450. The Morgan fingerprint density at radius 1 is 1.32 bits per heavy atom. The molecule has 1 amide bonds. The molecule has 0 saturated heterocycles. The lowest BCUT2D eigenvalue weighted by atomic mass is 9.74. The summed E-state index contributed by atoms with van der Waals surface area (Å²) in [6, 6.07) is 12.2. The smallest absolute Gasteiger partial charge is 0.240 e. The van der Waals surface area contributed by atoms with Crippen molar-refractivity contribution in [2.24, 2.45) is 5.41 Å². The van der Waals surface area contributed by atoms with Crippen molar-refractivity contribution in [3.8, 4) is 6.07 Å². The molecule has 0 unspecified atom stereocenters. The molecule has 5 heteroatoms. The fourth-order valence-corrected chi connectivity index (χ4v) is 3.42. The quantitative estimate of drug-likeness (QED) is 0.907. The lowest BCUT2D eigenvalue weighted by Gasteiger charge is -2.30. The maximum atomic E-state index is 12.7. The Bertz CT molecular complexity index is 754. The number of nitriles is 1.